The zero-order valence-electron chi connectivity index (χ0n) is 16.8. The van der Waals surface area contributed by atoms with Gasteiger partial charge in [0, 0.05) is 65.2 Å². The Morgan fingerprint density at radius 2 is 1.96 bits per heavy atom. The molecule has 0 spiro atoms. The third kappa shape index (κ3) is 4.47. The van der Waals surface area contributed by atoms with E-state index in [0.717, 1.165) is 58.1 Å². The van der Waals surface area contributed by atoms with Gasteiger partial charge in [-0.3, -0.25) is 9.69 Å². The molecule has 0 aromatic carbocycles. The Labute approximate surface area is 167 Å². The lowest BCUT2D eigenvalue weighted by molar-refractivity contribution is -0.142. The third-order valence-corrected chi connectivity index (χ3v) is 6.48. The number of pyridine rings is 1. The van der Waals surface area contributed by atoms with Gasteiger partial charge in [0.2, 0.25) is 5.91 Å². The number of piperidine rings is 1. The molecule has 2 N–H and O–H groups in total. The van der Waals surface area contributed by atoms with Crippen LogP contribution in [0.2, 0.25) is 0 Å². The first-order valence-electron chi connectivity index (χ1n) is 10.7. The number of ether oxygens (including phenoxy) is 1. The van der Waals surface area contributed by atoms with Gasteiger partial charge in [0.15, 0.2) is 0 Å². The van der Waals surface area contributed by atoms with Crippen LogP contribution in [0, 0.1) is 5.92 Å². The van der Waals surface area contributed by atoms with Crippen LogP contribution in [0.25, 0.3) is 0 Å². The van der Waals surface area contributed by atoms with Crippen molar-refractivity contribution < 1.29 is 9.53 Å². The van der Waals surface area contributed by atoms with Gasteiger partial charge in [0.05, 0.1) is 5.54 Å². The number of piperazine rings is 1. The maximum Gasteiger partial charge on any atom is 0.242 e. The van der Waals surface area contributed by atoms with Crippen LogP contribution in [0.3, 0.4) is 0 Å². The van der Waals surface area contributed by atoms with Crippen LogP contribution in [-0.4, -0.2) is 85.3 Å². The summed E-state index contributed by atoms with van der Waals surface area (Å²) < 4.78 is 5.40. The molecule has 154 valence electrons. The number of anilines is 1. The molecule has 4 heterocycles. The van der Waals surface area contributed by atoms with Gasteiger partial charge in [-0.25, -0.2) is 4.98 Å². The van der Waals surface area contributed by atoms with Gasteiger partial charge in [0.25, 0.3) is 0 Å². The van der Waals surface area contributed by atoms with Gasteiger partial charge in [0.1, 0.15) is 5.82 Å². The molecule has 7 heteroatoms. The number of nitrogens with two attached hydrogens (primary N) is 1. The molecule has 7 nitrogen and oxygen atoms in total. The number of amides is 1. The molecule has 1 amide bonds. The van der Waals surface area contributed by atoms with Gasteiger partial charge in [-0.1, -0.05) is 6.07 Å². The van der Waals surface area contributed by atoms with E-state index in [1.807, 2.05) is 23.2 Å². The average molecular weight is 388 g/mol. The van der Waals surface area contributed by atoms with Crippen molar-refractivity contribution in [3.8, 4) is 0 Å². The number of nitrogens with zero attached hydrogens (tertiary/aromatic N) is 4. The van der Waals surface area contributed by atoms with Crippen molar-refractivity contribution in [1.29, 1.82) is 0 Å². The summed E-state index contributed by atoms with van der Waals surface area (Å²) >= 11 is 0. The molecule has 4 rings (SSSR count). The standard InChI is InChI=1S/C21H33N5O2/c22-21(6-14-28-15-7-21)20(27)26-9-3-4-18(17-26)16-24-10-12-25(13-11-24)19-5-1-2-8-23-19/h1-2,5,8,18H,3-4,6-7,9-17,22H2. The number of rotatable bonds is 4. The minimum absolute atomic E-state index is 0.139. The zero-order valence-corrected chi connectivity index (χ0v) is 16.8. The Hall–Kier alpha value is -1.70. The summed E-state index contributed by atoms with van der Waals surface area (Å²) in [5.74, 6) is 1.75. The Bertz CT molecular complexity index is 641. The fourth-order valence-electron chi connectivity index (χ4n) is 4.73. The predicted molar refractivity (Wildman–Crippen MR) is 109 cm³/mol. The molecule has 0 saturated carbocycles. The molecule has 1 unspecified atom stereocenters. The summed E-state index contributed by atoms with van der Waals surface area (Å²) in [6.45, 7) is 8.09. The number of likely N-dealkylation sites (tertiary alicyclic amines) is 1. The Kier molecular flexibility index (Phi) is 6.13. The summed E-state index contributed by atoms with van der Waals surface area (Å²) in [7, 11) is 0. The minimum atomic E-state index is -0.714. The maximum absolute atomic E-state index is 13.0. The highest BCUT2D eigenvalue weighted by atomic mass is 16.5. The molecule has 0 bridgehead atoms. The SMILES string of the molecule is NC1(C(=O)N2CCCC(CN3CCN(c4ccccn4)CC3)C2)CCOCC1. The second kappa shape index (κ2) is 8.76. The van der Waals surface area contributed by atoms with Crippen molar-refractivity contribution in [3.63, 3.8) is 0 Å². The summed E-state index contributed by atoms with van der Waals surface area (Å²) in [5, 5.41) is 0. The van der Waals surface area contributed by atoms with Crippen LogP contribution in [-0.2, 0) is 9.53 Å². The van der Waals surface area contributed by atoms with Gasteiger partial charge in [-0.15, -0.1) is 0 Å². The molecular formula is C21H33N5O2. The van der Waals surface area contributed by atoms with Crippen molar-refractivity contribution >= 4 is 11.7 Å². The highest BCUT2D eigenvalue weighted by Crippen LogP contribution is 2.25. The first kappa shape index (κ1) is 19.6. The highest BCUT2D eigenvalue weighted by Gasteiger charge is 2.40. The minimum Gasteiger partial charge on any atom is -0.381 e. The Morgan fingerprint density at radius 3 is 2.68 bits per heavy atom. The summed E-state index contributed by atoms with van der Waals surface area (Å²) in [4.78, 5) is 24.4. The lowest BCUT2D eigenvalue weighted by Crippen LogP contribution is -2.60. The molecule has 1 atom stereocenters. The smallest absolute Gasteiger partial charge is 0.242 e. The fraction of sp³-hybridized carbons (Fsp3) is 0.714. The first-order chi connectivity index (χ1) is 13.6. The van der Waals surface area contributed by atoms with Crippen molar-refractivity contribution in [3.05, 3.63) is 24.4 Å². The molecule has 3 fully saturated rings. The van der Waals surface area contributed by atoms with Gasteiger partial charge in [-0.2, -0.15) is 0 Å². The second-order valence-electron chi connectivity index (χ2n) is 8.50. The van der Waals surface area contributed by atoms with Gasteiger partial charge in [-0.05, 0) is 43.7 Å². The van der Waals surface area contributed by atoms with E-state index in [2.05, 4.69) is 20.9 Å². The summed E-state index contributed by atoms with van der Waals surface area (Å²) in [6, 6.07) is 6.09. The fourth-order valence-corrected chi connectivity index (χ4v) is 4.73. The monoisotopic (exact) mass is 387 g/mol. The Balaban J connectivity index is 1.27. The van der Waals surface area contributed by atoms with E-state index in [1.165, 1.54) is 6.42 Å². The number of hydrogen-bond acceptors (Lipinski definition) is 6. The Morgan fingerprint density at radius 1 is 1.18 bits per heavy atom. The van der Waals surface area contributed by atoms with E-state index in [0.29, 0.717) is 32.0 Å². The van der Waals surface area contributed by atoms with E-state index in [4.69, 9.17) is 10.5 Å². The van der Waals surface area contributed by atoms with Crippen LogP contribution < -0.4 is 10.6 Å². The highest BCUT2D eigenvalue weighted by molar-refractivity contribution is 5.86. The van der Waals surface area contributed by atoms with Crippen LogP contribution in [0.15, 0.2) is 24.4 Å². The van der Waals surface area contributed by atoms with E-state index in [-0.39, 0.29) is 5.91 Å². The quantitative estimate of drug-likeness (QED) is 0.829. The largest absolute Gasteiger partial charge is 0.381 e. The van der Waals surface area contributed by atoms with Crippen LogP contribution >= 0.6 is 0 Å². The zero-order chi connectivity index (χ0) is 19.4. The van der Waals surface area contributed by atoms with Crippen LogP contribution in [0.5, 0.6) is 0 Å². The maximum atomic E-state index is 13.0. The normalized spacial score (nSPS) is 26.2. The number of carbonyl (C=O) groups is 1. The lowest BCUT2D eigenvalue weighted by atomic mass is 9.87. The van der Waals surface area contributed by atoms with Crippen molar-refractivity contribution in [2.75, 3.05) is 63.9 Å². The molecule has 3 aliphatic rings. The van der Waals surface area contributed by atoms with E-state index >= 15 is 0 Å². The molecule has 0 aliphatic carbocycles. The average Bonchev–Trinajstić information content (AvgIpc) is 2.75. The summed E-state index contributed by atoms with van der Waals surface area (Å²) in [5.41, 5.74) is 5.73. The molecular weight excluding hydrogens is 354 g/mol. The molecule has 1 aromatic rings. The molecule has 1 aromatic heterocycles. The first-order valence-corrected chi connectivity index (χ1v) is 10.7. The van der Waals surface area contributed by atoms with Gasteiger partial charge < -0.3 is 20.3 Å². The van der Waals surface area contributed by atoms with Crippen molar-refractivity contribution in [2.24, 2.45) is 11.7 Å². The molecule has 3 aliphatic heterocycles. The molecule has 28 heavy (non-hydrogen) atoms. The van der Waals surface area contributed by atoms with Gasteiger partial charge >= 0.3 is 0 Å². The second-order valence-corrected chi connectivity index (χ2v) is 8.50. The number of hydrogen-bond donors (Lipinski definition) is 1. The number of carbonyl (C=O) groups excluding carboxylic acids is 1. The molecule has 3 saturated heterocycles. The summed E-state index contributed by atoms with van der Waals surface area (Å²) in [6.07, 6.45) is 5.42. The van der Waals surface area contributed by atoms with Crippen molar-refractivity contribution in [2.45, 2.75) is 31.2 Å². The topological polar surface area (TPSA) is 74.9 Å². The van der Waals surface area contributed by atoms with E-state index < -0.39 is 5.54 Å². The number of aromatic nitrogens is 1. The third-order valence-electron chi connectivity index (χ3n) is 6.48. The van der Waals surface area contributed by atoms with Crippen LogP contribution in [0.1, 0.15) is 25.7 Å². The van der Waals surface area contributed by atoms with Crippen molar-refractivity contribution in [1.82, 2.24) is 14.8 Å². The predicted octanol–water partition coefficient (Wildman–Crippen LogP) is 0.950. The van der Waals surface area contributed by atoms with E-state index in [9.17, 15) is 4.79 Å². The van der Waals surface area contributed by atoms with E-state index in [1.54, 1.807) is 0 Å². The van der Waals surface area contributed by atoms with Crippen LogP contribution in [0.4, 0.5) is 5.82 Å². The molecule has 0 radical (unpaired) electrons. The lowest BCUT2D eigenvalue weighted by Gasteiger charge is -2.42.